The SMILES string of the molecule is Cc1cccc(-c2cn[nH]c2C2CCN(C(=O)c3nn(C)cc3Cl)CC2)c1. The van der Waals surface area contributed by atoms with Crippen LogP contribution >= 0.6 is 11.6 Å². The molecular formula is C20H22ClN5O. The van der Waals surface area contributed by atoms with Crippen molar-refractivity contribution in [2.45, 2.75) is 25.7 Å². The van der Waals surface area contributed by atoms with E-state index in [0.717, 1.165) is 24.1 Å². The van der Waals surface area contributed by atoms with Gasteiger partial charge in [-0.3, -0.25) is 14.6 Å². The first-order valence-electron chi connectivity index (χ1n) is 9.11. The number of nitrogens with zero attached hydrogens (tertiary/aromatic N) is 4. The summed E-state index contributed by atoms with van der Waals surface area (Å²) in [6.07, 6.45) is 5.32. The van der Waals surface area contributed by atoms with Gasteiger partial charge < -0.3 is 4.90 Å². The molecule has 1 N–H and O–H groups in total. The number of piperidine rings is 1. The van der Waals surface area contributed by atoms with E-state index in [-0.39, 0.29) is 5.91 Å². The highest BCUT2D eigenvalue weighted by molar-refractivity contribution is 6.33. The Bertz CT molecular complexity index is 968. The zero-order chi connectivity index (χ0) is 19.0. The van der Waals surface area contributed by atoms with Crippen LogP contribution in [0.4, 0.5) is 0 Å². The van der Waals surface area contributed by atoms with Crippen molar-refractivity contribution in [3.8, 4) is 11.1 Å². The van der Waals surface area contributed by atoms with Gasteiger partial charge in [-0.25, -0.2) is 0 Å². The molecule has 1 fully saturated rings. The van der Waals surface area contributed by atoms with Crippen molar-refractivity contribution in [2.24, 2.45) is 7.05 Å². The first kappa shape index (κ1) is 17.8. The minimum atomic E-state index is -0.0948. The molecule has 0 unspecified atom stereocenters. The second kappa shape index (κ2) is 7.19. The molecule has 1 saturated heterocycles. The number of likely N-dealkylation sites (tertiary alicyclic amines) is 1. The molecule has 0 bridgehead atoms. The van der Waals surface area contributed by atoms with Gasteiger partial charge in [-0.05, 0) is 25.3 Å². The normalized spacial score (nSPS) is 15.3. The molecule has 27 heavy (non-hydrogen) atoms. The number of hydrogen-bond acceptors (Lipinski definition) is 3. The third kappa shape index (κ3) is 3.49. The highest BCUT2D eigenvalue weighted by Gasteiger charge is 2.29. The van der Waals surface area contributed by atoms with Crippen molar-refractivity contribution in [3.63, 3.8) is 0 Å². The van der Waals surface area contributed by atoms with Crippen LogP contribution in [0, 0.1) is 6.92 Å². The monoisotopic (exact) mass is 383 g/mol. The fourth-order valence-electron chi connectivity index (χ4n) is 3.78. The summed E-state index contributed by atoms with van der Waals surface area (Å²) in [6, 6.07) is 8.45. The van der Waals surface area contributed by atoms with Crippen LogP contribution in [0.1, 0.15) is 40.5 Å². The summed E-state index contributed by atoms with van der Waals surface area (Å²) < 4.78 is 1.57. The standard InChI is InChI=1S/C20H22ClN5O/c1-13-4-3-5-15(10-13)16-11-22-23-18(16)14-6-8-26(9-7-14)20(27)19-17(21)12-25(2)24-19/h3-5,10-12,14H,6-9H2,1-2H3,(H,22,23). The Labute approximate surface area is 163 Å². The Morgan fingerprint density at radius 1 is 1.30 bits per heavy atom. The Balaban J connectivity index is 1.48. The molecule has 6 nitrogen and oxygen atoms in total. The summed E-state index contributed by atoms with van der Waals surface area (Å²) in [7, 11) is 1.76. The molecule has 1 aliphatic rings. The first-order valence-corrected chi connectivity index (χ1v) is 9.49. The van der Waals surface area contributed by atoms with Crippen molar-refractivity contribution in [3.05, 3.63) is 58.6 Å². The number of carbonyl (C=O) groups excluding carboxylic acids is 1. The first-order chi connectivity index (χ1) is 13.0. The Hall–Kier alpha value is -2.60. The lowest BCUT2D eigenvalue weighted by Gasteiger charge is -2.31. The summed E-state index contributed by atoms with van der Waals surface area (Å²) in [5.41, 5.74) is 5.05. The summed E-state index contributed by atoms with van der Waals surface area (Å²) in [5.74, 6) is 0.258. The van der Waals surface area contributed by atoms with Crippen LogP contribution in [0.5, 0.6) is 0 Å². The van der Waals surface area contributed by atoms with Crippen molar-refractivity contribution in [1.29, 1.82) is 0 Å². The number of H-pyrrole nitrogens is 1. The van der Waals surface area contributed by atoms with Crippen LogP contribution in [0.3, 0.4) is 0 Å². The molecule has 2 aromatic heterocycles. The molecule has 140 valence electrons. The van der Waals surface area contributed by atoms with Gasteiger partial charge in [-0.15, -0.1) is 0 Å². The molecule has 3 heterocycles. The minimum Gasteiger partial charge on any atom is -0.337 e. The smallest absolute Gasteiger partial charge is 0.275 e. The maximum absolute atomic E-state index is 12.7. The largest absolute Gasteiger partial charge is 0.337 e. The van der Waals surface area contributed by atoms with Gasteiger partial charge in [0.15, 0.2) is 5.69 Å². The Kier molecular flexibility index (Phi) is 4.74. The second-order valence-corrected chi connectivity index (χ2v) is 7.54. The summed E-state index contributed by atoms with van der Waals surface area (Å²) >= 11 is 6.13. The zero-order valence-electron chi connectivity index (χ0n) is 15.4. The Morgan fingerprint density at radius 3 is 2.74 bits per heavy atom. The lowest BCUT2D eigenvalue weighted by atomic mass is 9.89. The van der Waals surface area contributed by atoms with E-state index in [9.17, 15) is 4.79 Å². The number of halogens is 1. The summed E-state index contributed by atoms with van der Waals surface area (Å²) in [6.45, 7) is 3.46. The van der Waals surface area contributed by atoms with Gasteiger partial charge >= 0.3 is 0 Å². The van der Waals surface area contributed by atoms with Crippen molar-refractivity contribution >= 4 is 17.5 Å². The molecular weight excluding hydrogens is 362 g/mol. The molecule has 1 aromatic carbocycles. The molecule has 0 saturated carbocycles. The molecule has 1 aliphatic heterocycles. The lowest BCUT2D eigenvalue weighted by molar-refractivity contribution is 0.0705. The van der Waals surface area contributed by atoms with Gasteiger partial charge in [-0.1, -0.05) is 41.4 Å². The maximum atomic E-state index is 12.7. The number of benzene rings is 1. The number of rotatable bonds is 3. The molecule has 3 aromatic rings. The fourth-order valence-corrected chi connectivity index (χ4v) is 4.04. The lowest BCUT2D eigenvalue weighted by Crippen LogP contribution is -2.38. The van der Waals surface area contributed by atoms with Gasteiger partial charge in [0.2, 0.25) is 0 Å². The van der Waals surface area contributed by atoms with Gasteiger partial charge in [0.25, 0.3) is 5.91 Å². The number of nitrogens with one attached hydrogen (secondary N) is 1. The molecule has 0 atom stereocenters. The van der Waals surface area contributed by atoms with Gasteiger partial charge in [-0.2, -0.15) is 10.2 Å². The summed E-state index contributed by atoms with van der Waals surface area (Å²) in [4.78, 5) is 14.5. The third-order valence-corrected chi connectivity index (χ3v) is 5.45. The van der Waals surface area contributed by atoms with Gasteiger partial charge in [0.1, 0.15) is 0 Å². The molecule has 7 heteroatoms. The third-order valence-electron chi connectivity index (χ3n) is 5.18. The predicted molar refractivity (Wildman–Crippen MR) is 105 cm³/mol. The molecule has 4 rings (SSSR count). The van der Waals surface area contributed by atoms with E-state index in [0.29, 0.717) is 29.7 Å². The van der Waals surface area contributed by atoms with Crippen molar-refractivity contribution < 1.29 is 4.79 Å². The van der Waals surface area contributed by atoms with Crippen LogP contribution < -0.4 is 0 Å². The zero-order valence-corrected chi connectivity index (χ0v) is 16.2. The van der Waals surface area contributed by atoms with E-state index in [2.05, 4.69) is 46.5 Å². The van der Waals surface area contributed by atoms with Crippen LogP contribution in [0.25, 0.3) is 11.1 Å². The van der Waals surface area contributed by atoms with E-state index in [1.807, 2.05) is 11.1 Å². The number of aromatic nitrogens is 4. The number of carbonyl (C=O) groups is 1. The molecule has 0 radical (unpaired) electrons. The van der Waals surface area contributed by atoms with Crippen LogP contribution in [-0.4, -0.2) is 43.9 Å². The van der Waals surface area contributed by atoms with Crippen molar-refractivity contribution in [1.82, 2.24) is 24.9 Å². The Morgan fingerprint density at radius 2 is 2.07 bits per heavy atom. The van der Waals surface area contributed by atoms with E-state index in [4.69, 9.17) is 11.6 Å². The number of amides is 1. The fraction of sp³-hybridized carbons (Fsp3) is 0.350. The van der Waals surface area contributed by atoms with Crippen LogP contribution in [0.15, 0.2) is 36.7 Å². The quantitative estimate of drug-likeness (QED) is 0.748. The number of hydrogen-bond donors (Lipinski definition) is 1. The van der Waals surface area contributed by atoms with Crippen molar-refractivity contribution in [2.75, 3.05) is 13.1 Å². The molecule has 1 amide bonds. The minimum absolute atomic E-state index is 0.0948. The van der Waals surface area contributed by atoms with E-state index < -0.39 is 0 Å². The van der Waals surface area contributed by atoms with Gasteiger partial charge in [0.05, 0.1) is 11.2 Å². The highest BCUT2D eigenvalue weighted by atomic mass is 35.5. The average Bonchev–Trinajstić information content (AvgIpc) is 3.27. The molecule has 0 aliphatic carbocycles. The summed E-state index contributed by atoms with van der Waals surface area (Å²) in [5, 5.41) is 12.1. The number of aryl methyl sites for hydroxylation is 2. The van der Waals surface area contributed by atoms with E-state index >= 15 is 0 Å². The predicted octanol–water partition coefficient (Wildman–Crippen LogP) is 3.79. The van der Waals surface area contributed by atoms with Crippen LogP contribution in [0.2, 0.25) is 5.02 Å². The van der Waals surface area contributed by atoms with Gasteiger partial charge in [0, 0.05) is 43.5 Å². The second-order valence-electron chi connectivity index (χ2n) is 7.13. The average molecular weight is 384 g/mol. The van der Waals surface area contributed by atoms with Crippen LogP contribution in [-0.2, 0) is 7.05 Å². The van der Waals surface area contributed by atoms with E-state index in [1.165, 1.54) is 11.1 Å². The number of aromatic amines is 1. The topological polar surface area (TPSA) is 66.8 Å². The molecule has 0 spiro atoms. The van der Waals surface area contributed by atoms with E-state index in [1.54, 1.807) is 17.9 Å². The maximum Gasteiger partial charge on any atom is 0.275 e. The highest BCUT2D eigenvalue weighted by Crippen LogP contribution is 2.34.